The zero-order valence-electron chi connectivity index (χ0n) is 18.3. The zero-order chi connectivity index (χ0) is 21.1. The van der Waals surface area contributed by atoms with Crippen LogP contribution in [0.3, 0.4) is 0 Å². The summed E-state index contributed by atoms with van der Waals surface area (Å²) in [5.74, 6) is 2.03. The van der Waals surface area contributed by atoms with Gasteiger partial charge in [0.1, 0.15) is 11.5 Å². The third-order valence-corrected chi connectivity index (χ3v) is 7.88. The Morgan fingerprint density at radius 1 is 0.900 bits per heavy atom. The van der Waals surface area contributed by atoms with E-state index in [2.05, 4.69) is 80.3 Å². The first-order chi connectivity index (χ1) is 14.4. The molecule has 1 aliphatic carbocycles. The van der Waals surface area contributed by atoms with E-state index in [0.29, 0.717) is 11.7 Å². The van der Waals surface area contributed by atoms with Gasteiger partial charge in [-0.15, -0.1) is 0 Å². The number of phenols is 1. The minimum atomic E-state index is -1.09. The predicted octanol–water partition coefficient (Wildman–Crippen LogP) is 6.97. The Morgan fingerprint density at radius 2 is 1.63 bits per heavy atom. The highest BCUT2D eigenvalue weighted by atomic mass is 28.3. The van der Waals surface area contributed by atoms with Gasteiger partial charge in [-0.3, -0.25) is 0 Å². The second-order valence-corrected chi connectivity index (χ2v) is 15.3. The van der Waals surface area contributed by atoms with E-state index in [1.807, 2.05) is 0 Å². The first-order valence-corrected chi connectivity index (χ1v) is 14.7. The minimum Gasteiger partial charge on any atom is -0.508 e. The highest BCUT2D eigenvalue weighted by Crippen LogP contribution is 2.47. The van der Waals surface area contributed by atoms with Crippen LogP contribution in [-0.4, -0.2) is 19.8 Å². The van der Waals surface area contributed by atoms with Crippen molar-refractivity contribution in [2.45, 2.75) is 50.4 Å². The van der Waals surface area contributed by atoms with Gasteiger partial charge < -0.3 is 9.84 Å². The fourth-order valence-corrected chi connectivity index (χ4v) is 5.23. The van der Waals surface area contributed by atoms with Crippen molar-refractivity contribution in [2.24, 2.45) is 0 Å². The van der Waals surface area contributed by atoms with Crippen molar-refractivity contribution < 1.29 is 9.84 Å². The van der Waals surface area contributed by atoms with Crippen LogP contribution < -0.4 is 4.74 Å². The standard InChI is InChI=1S/C27H32O2Si/c1-30(2,3)18-17-29-24-14-16-26-22(19-24)11-15-25(20-7-5-4-6-8-20)27(26)21-9-12-23(28)13-10-21/h4-10,12-14,16,19,25,27-28H,11,15,17-18H2,1-3H3/t25-,27+/m1/s1. The third-order valence-electron chi connectivity index (χ3n) is 6.18. The molecule has 0 bridgehead atoms. The fourth-order valence-electron chi connectivity index (χ4n) is 4.51. The number of phenolic OH excluding ortho intramolecular Hbond substituents is 1. The Morgan fingerprint density at radius 3 is 2.33 bits per heavy atom. The molecule has 0 saturated heterocycles. The fraction of sp³-hybridized carbons (Fsp3) is 0.333. The van der Waals surface area contributed by atoms with Crippen molar-refractivity contribution in [3.63, 3.8) is 0 Å². The van der Waals surface area contributed by atoms with E-state index in [1.165, 1.54) is 28.3 Å². The molecule has 30 heavy (non-hydrogen) atoms. The monoisotopic (exact) mass is 416 g/mol. The Bertz CT molecular complexity index is 974. The maximum absolute atomic E-state index is 9.80. The summed E-state index contributed by atoms with van der Waals surface area (Å²) < 4.78 is 6.12. The lowest BCUT2D eigenvalue weighted by molar-refractivity contribution is 0.337. The number of aryl methyl sites for hydroxylation is 1. The van der Waals surface area contributed by atoms with Crippen molar-refractivity contribution >= 4 is 8.07 Å². The maximum atomic E-state index is 9.80. The van der Waals surface area contributed by atoms with Gasteiger partial charge in [-0.1, -0.05) is 68.2 Å². The Labute approximate surface area is 181 Å². The Hall–Kier alpha value is -2.52. The third kappa shape index (κ3) is 4.79. The number of hydrogen-bond donors (Lipinski definition) is 1. The van der Waals surface area contributed by atoms with Crippen LogP contribution in [0.2, 0.25) is 25.7 Å². The van der Waals surface area contributed by atoms with E-state index in [1.54, 1.807) is 12.1 Å². The van der Waals surface area contributed by atoms with E-state index in [9.17, 15) is 5.11 Å². The lowest BCUT2D eigenvalue weighted by atomic mass is 9.69. The zero-order valence-corrected chi connectivity index (χ0v) is 19.3. The molecule has 0 radical (unpaired) electrons. The molecule has 0 unspecified atom stereocenters. The van der Waals surface area contributed by atoms with E-state index in [-0.39, 0.29) is 5.92 Å². The van der Waals surface area contributed by atoms with Gasteiger partial charge in [0.25, 0.3) is 0 Å². The second kappa shape index (κ2) is 8.69. The molecular weight excluding hydrogens is 384 g/mol. The lowest BCUT2D eigenvalue weighted by Gasteiger charge is -2.35. The summed E-state index contributed by atoms with van der Waals surface area (Å²) in [7, 11) is -1.09. The first-order valence-electron chi connectivity index (χ1n) is 11.0. The molecule has 3 aromatic rings. The number of aromatic hydroxyl groups is 1. The van der Waals surface area contributed by atoms with Gasteiger partial charge in [0.15, 0.2) is 0 Å². The molecule has 3 aromatic carbocycles. The van der Waals surface area contributed by atoms with Crippen LogP contribution in [0.25, 0.3) is 0 Å². The molecule has 0 fully saturated rings. The summed E-state index contributed by atoms with van der Waals surface area (Å²) in [6.07, 6.45) is 2.18. The quantitative estimate of drug-likeness (QED) is 0.440. The highest BCUT2D eigenvalue weighted by molar-refractivity contribution is 6.76. The van der Waals surface area contributed by atoms with E-state index >= 15 is 0 Å². The summed E-state index contributed by atoms with van der Waals surface area (Å²) in [4.78, 5) is 0. The average Bonchev–Trinajstić information content (AvgIpc) is 2.73. The molecule has 0 saturated carbocycles. The number of fused-ring (bicyclic) bond motifs is 1. The van der Waals surface area contributed by atoms with Crippen molar-refractivity contribution in [1.29, 1.82) is 0 Å². The van der Waals surface area contributed by atoms with Crippen LogP contribution in [0.1, 0.15) is 40.5 Å². The molecule has 4 rings (SSSR count). The molecule has 0 spiro atoms. The number of rotatable bonds is 6. The second-order valence-electron chi connectivity index (χ2n) is 9.64. The summed E-state index contributed by atoms with van der Waals surface area (Å²) in [5, 5.41) is 9.80. The molecule has 0 aromatic heterocycles. The topological polar surface area (TPSA) is 29.5 Å². The molecule has 0 amide bonds. The Kier molecular flexibility index (Phi) is 6.01. The largest absolute Gasteiger partial charge is 0.508 e. The van der Waals surface area contributed by atoms with Crippen LogP contribution in [0.4, 0.5) is 0 Å². The molecule has 1 aliphatic rings. The molecule has 3 heteroatoms. The van der Waals surface area contributed by atoms with Crippen molar-refractivity contribution in [3.8, 4) is 11.5 Å². The first kappa shape index (κ1) is 20.7. The SMILES string of the molecule is C[Si](C)(C)CCOc1ccc2c(c1)CC[C@H](c1ccccc1)[C@@H]2c1ccc(O)cc1. The van der Waals surface area contributed by atoms with Crippen molar-refractivity contribution in [1.82, 2.24) is 0 Å². The van der Waals surface area contributed by atoms with Gasteiger partial charge in [0.05, 0.1) is 6.61 Å². The van der Waals surface area contributed by atoms with E-state index in [4.69, 9.17) is 4.74 Å². The summed E-state index contributed by atoms with van der Waals surface area (Å²) >= 11 is 0. The molecule has 156 valence electrons. The van der Waals surface area contributed by atoms with Gasteiger partial charge in [-0.05, 0) is 71.3 Å². The summed E-state index contributed by atoms with van der Waals surface area (Å²) in [5.41, 5.74) is 5.43. The molecule has 2 atom stereocenters. The number of ether oxygens (including phenoxy) is 1. The van der Waals surface area contributed by atoms with Crippen molar-refractivity contribution in [2.75, 3.05) is 6.61 Å². The van der Waals surface area contributed by atoms with E-state index in [0.717, 1.165) is 25.2 Å². The van der Waals surface area contributed by atoms with Crippen LogP contribution >= 0.6 is 0 Å². The van der Waals surface area contributed by atoms with Crippen LogP contribution in [0.15, 0.2) is 72.8 Å². The van der Waals surface area contributed by atoms with Gasteiger partial charge in [0, 0.05) is 14.0 Å². The van der Waals surface area contributed by atoms with Crippen LogP contribution in [0, 0.1) is 0 Å². The van der Waals surface area contributed by atoms with Crippen molar-refractivity contribution in [3.05, 3.63) is 95.1 Å². The van der Waals surface area contributed by atoms with E-state index < -0.39 is 8.07 Å². The molecule has 0 heterocycles. The average molecular weight is 417 g/mol. The van der Waals surface area contributed by atoms with Gasteiger partial charge in [-0.2, -0.15) is 0 Å². The lowest BCUT2D eigenvalue weighted by Crippen LogP contribution is -2.23. The number of hydrogen-bond acceptors (Lipinski definition) is 2. The smallest absolute Gasteiger partial charge is 0.119 e. The molecule has 0 aliphatic heterocycles. The summed E-state index contributed by atoms with van der Waals surface area (Å²) in [6.45, 7) is 7.96. The highest BCUT2D eigenvalue weighted by Gasteiger charge is 2.32. The molecule has 1 N–H and O–H groups in total. The molecular formula is C27H32O2Si. The molecule has 2 nitrogen and oxygen atoms in total. The van der Waals surface area contributed by atoms with Gasteiger partial charge in [0.2, 0.25) is 0 Å². The van der Waals surface area contributed by atoms with Gasteiger partial charge in [-0.25, -0.2) is 0 Å². The van der Waals surface area contributed by atoms with Crippen LogP contribution in [-0.2, 0) is 6.42 Å². The van der Waals surface area contributed by atoms with Gasteiger partial charge >= 0.3 is 0 Å². The van der Waals surface area contributed by atoms with Crippen LogP contribution in [0.5, 0.6) is 11.5 Å². The number of benzene rings is 3. The summed E-state index contributed by atoms with van der Waals surface area (Å²) in [6, 6.07) is 26.4. The maximum Gasteiger partial charge on any atom is 0.119 e. The normalized spacial score (nSPS) is 18.6. The predicted molar refractivity (Wildman–Crippen MR) is 128 cm³/mol. The Balaban J connectivity index is 1.66. The minimum absolute atomic E-state index is 0.285.